The maximum Gasteiger partial charge on any atom is 0.221 e. The van der Waals surface area contributed by atoms with Gasteiger partial charge >= 0.3 is 0 Å². The summed E-state index contributed by atoms with van der Waals surface area (Å²) in [5.41, 5.74) is 16.6. The minimum atomic E-state index is -0.168. The molecule has 3 nitrogen and oxygen atoms in total. The summed E-state index contributed by atoms with van der Waals surface area (Å²) in [5.74, 6) is 0.00830. The lowest BCUT2D eigenvalue weighted by Crippen LogP contribution is -2.69. The third-order valence-electron chi connectivity index (χ3n) is 15.5. The molecule has 0 saturated heterocycles. The molecule has 0 radical (unpaired) electrons. The second-order valence-corrected chi connectivity index (χ2v) is 19.1. The Morgan fingerprint density at radius 3 is 1.91 bits per heavy atom. The number of aryl methyl sites for hydroxylation is 3. The number of fused-ring (bicyclic) bond motifs is 5. The number of benzene rings is 7. The van der Waals surface area contributed by atoms with Gasteiger partial charge in [0, 0.05) is 54.7 Å². The molecule has 336 valence electrons. The smallest absolute Gasteiger partial charge is 0.221 e. The molecule has 1 aliphatic heterocycles. The molecule has 0 fully saturated rings. The van der Waals surface area contributed by atoms with Crippen molar-refractivity contribution in [2.75, 3.05) is 0 Å². The fraction of sp³-hybridized carbons (Fsp3) is 0.215. The first-order valence-corrected chi connectivity index (χ1v) is 24.8. The normalized spacial score (nSPS) is 16.3. The number of rotatable bonds is 14. The number of aromatic nitrogens is 2. The van der Waals surface area contributed by atoms with Crippen LogP contribution in [0.3, 0.4) is 0 Å². The Bertz CT molecular complexity index is 3240. The summed E-state index contributed by atoms with van der Waals surface area (Å²) in [6, 6.07) is 67.1. The van der Waals surface area contributed by atoms with Crippen LogP contribution in [0.4, 0.5) is 0 Å². The van der Waals surface area contributed by atoms with E-state index in [2.05, 4.69) is 184 Å². The zero-order valence-corrected chi connectivity index (χ0v) is 40.3. The van der Waals surface area contributed by atoms with Crippen LogP contribution in [0.1, 0.15) is 92.4 Å². The molecule has 0 N–H and O–H groups in total. The van der Waals surface area contributed by atoms with E-state index in [0.29, 0.717) is 11.1 Å². The summed E-state index contributed by atoms with van der Waals surface area (Å²) in [7, 11) is 0. The minimum Gasteiger partial charge on any atom is -0.289 e. The standard InChI is InChI=1S/C65H62N2O/c1-6-9-22-49-27-21-31-57-56(49)36-39-67-62(57)58-30-16-17-32-60(58)65(8-3,64(67,5)7-2)37-40-66-38-19-18-33-61(66)59-45-51(35-34-46(59)4)50-28-20-29-52(41-50)63(68)55-43-53(47-23-12-10-13-24-47)42-54(44-55)48-25-14-11-15-26-48/h10-21,23-36,38-39,41-45H,6-9,22,37,40H2,1-5H3/q+2. The molecule has 0 saturated carbocycles. The molecular weight excluding hydrogens is 825 g/mol. The summed E-state index contributed by atoms with van der Waals surface area (Å²) in [5, 5.41) is 2.74. The SMILES string of the molecule is CCCCc1cccc2c3[n+](ccc12)C(C)(CC)C(CC)(CC[n+]1ccccc1-c1cc(-c2cccc(C(=O)c4cc(-c5ccccc5)cc(-c5ccccc5)c4)c2)ccc1C)c1ccccc1-3. The van der Waals surface area contributed by atoms with Crippen LogP contribution in [0.25, 0.3) is 66.7 Å². The predicted molar refractivity (Wildman–Crippen MR) is 282 cm³/mol. The molecule has 1 aliphatic rings. The molecule has 3 heteroatoms. The van der Waals surface area contributed by atoms with Gasteiger partial charge in [0.15, 0.2) is 23.7 Å². The largest absolute Gasteiger partial charge is 0.289 e. The van der Waals surface area contributed by atoms with Crippen LogP contribution in [0, 0.1) is 6.92 Å². The molecule has 0 amide bonds. The van der Waals surface area contributed by atoms with Crippen molar-refractivity contribution in [2.45, 2.75) is 90.6 Å². The van der Waals surface area contributed by atoms with E-state index in [9.17, 15) is 4.79 Å². The topological polar surface area (TPSA) is 24.8 Å². The summed E-state index contributed by atoms with van der Waals surface area (Å²) in [6.07, 6.45) is 11.2. The van der Waals surface area contributed by atoms with Gasteiger partial charge < -0.3 is 0 Å². The highest BCUT2D eigenvalue weighted by Crippen LogP contribution is 2.53. The van der Waals surface area contributed by atoms with Crippen LogP contribution in [-0.2, 0) is 23.9 Å². The van der Waals surface area contributed by atoms with Crippen molar-refractivity contribution in [1.29, 1.82) is 0 Å². The van der Waals surface area contributed by atoms with Crippen molar-refractivity contribution in [3.8, 4) is 55.9 Å². The van der Waals surface area contributed by atoms with Crippen molar-refractivity contribution >= 4 is 16.6 Å². The number of unbranched alkanes of at least 4 members (excludes halogenated alkanes) is 1. The molecule has 10 rings (SSSR count). The third kappa shape index (κ3) is 7.88. The lowest BCUT2D eigenvalue weighted by molar-refractivity contribution is -0.767. The van der Waals surface area contributed by atoms with E-state index >= 15 is 0 Å². The Balaban J connectivity index is 0.991. The van der Waals surface area contributed by atoms with Gasteiger partial charge in [0.25, 0.3) is 0 Å². The molecule has 0 bridgehead atoms. The Hall–Kier alpha value is -7.23. The number of ketones is 1. The first-order chi connectivity index (χ1) is 33.3. The Labute approximate surface area is 403 Å². The number of carbonyl (C=O) groups excluding carboxylic acids is 1. The summed E-state index contributed by atoms with van der Waals surface area (Å²) in [6.45, 7) is 12.7. The predicted octanol–water partition coefficient (Wildman–Crippen LogP) is 15.5. The molecule has 0 aliphatic carbocycles. The second-order valence-electron chi connectivity index (χ2n) is 19.1. The van der Waals surface area contributed by atoms with E-state index in [1.54, 1.807) is 0 Å². The number of hydrogen-bond acceptors (Lipinski definition) is 1. The monoisotopic (exact) mass is 886 g/mol. The van der Waals surface area contributed by atoms with E-state index < -0.39 is 0 Å². The number of carbonyl (C=O) groups is 1. The maximum atomic E-state index is 14.6. The highest BCUT2D eigenvalue weighted by Gasteiger charge is 2.59. The van der Waals surface area contributed by atoms with Crippen molar-refractivity contribution in [2.24, 2.45) is 0 Å². The van der Waals surface area contributed by atoms with Gasteiger partial charge in [-0.25, -0.2) is 0 Å². The van der Waals surface area contributed by atoms with Gasteiger partial charge in [-0.05, 0) is 130 Å². The quantitative estimate of drug-likeness (QED) is 0.0789. The zero-order chi connectivity index (χ0) is 46.8. The second kappa shape index (κ2) is 18.8. The van der Waals surface area contributed by atoms with Crippen molar-refractivity contribution < 1.29 is 13.9 Å². The molecule has 9 aromatic rings. The summed E-state index contributed by atoms with van der Waals surface area (Å²) < 4.78 is 5.14. The van der Waals surface area contributed by atoms with E-state index in [4.69, 9.17) is 0 Å². The van der Waals surface area contributed by atoms with E-state index in [1.165, 1.54) is 62.8 Å². The molecule has 7 aromatic carbocycles. The van der Waals surface area contributed by atoms with Gasteiger partial charge in [-0.1, -0.05) is 149 Å². The molecule has 68 heavy (non-hydrogen) atoms. The average molecular weight is 887 g/mol. The van der Waals surface area contributed by atoms with Gasteiger partial charge in [-0.3, -0.25) is 4.79 Å². The Morgan fingerprint density at radius 1 is 0.529 bits per heavy atom. The zero-order valence-electron chi connectivity index (χ0n) is 40.3. The average Bonchev–Trinajstić information content (AvgIpc) is 3.40. The summed E-state index contributed by atoms with van der Waals surface area (Å²) in [4.78, 5) is 14.6. The molecular formula is C65H62N2O+2. The van der Waals surface area contributed by atoms with Crippen molar-refractivity contribution in [1.82, 2.24) is 0 Å². The molecule has 0 spiro atoms. The lowest BCUT2D eigenvalue weighted by atomic mass is 9.57. The lowest BCUT2D eigenvalue weighted by Gasteiger charge is -2.48. The van der Waals surface area contributed by atoms with E-state index in [0.717, 1.165) is 65.6 Å². The Kier molecular flexibility index (Phi) is 12.3. The van der Waals surface area contributed by atoms with Crippen LogP contribution in [-0.4, -0.2) is 5.78 Å². The van der Waals surface area contributed by atoms with Crippen LogP contribution < -0.4 is 9.13 Å². The Morgan fingerprint density at radius 2 is 1.19 bits per heavy atom. The van der Waals surface area contributed by atoms with Crippen molar-refractivity contribution in [3.05, 3.63) is 228 Å². The maximum absolute atomic E-state index is 14.6. The fourth-order valence-electron chi connectivity index (χ4n) is 11.6. The first-order valence-electron chi connectivity index (χ1n) is 24.8. The first kappa shape index (κ1) is 44.6. The number of pyridine rings is 2. The highest BCUT2D eigenvalue weighted by atomic mass is 16.1. The third-order valence-corrected chi connectivity index (χ3v) is 15.5. The minimum absolute atomic E-state index is 0.00830. The molecule has 2 aromatic heterocycles. The van der Waals surface area contributed by atoms with Gasteiger partial charge in [-0.15, -0.1) is 0 Å². The van der Waals surface area contributed by atoms with Crippen molar-refractivity contribution in [3.63, 3.8) is 0 Å². The number of hydrogen-bond donors (Lipinski definition) is 0. The highest BCUT2D eigenvalue weighted by molar-refractivity contribution is 6.11. The molecule has 3 heterocycles. The van der Waals surface area contributed by atoms with E-state index in [1.807, 2.05) is 60.7 Å². The van der Waals surface area contributed by atoms with Crippen LogP contribution in [0.15, 0.2) is 200 Å². The van der Waals surface area contributed by atoms with Crippen LogP contribution >= 0.6 is 0 Å². The van der Waals surface area contributed by atoms with Gasteiger partial charge in [0.2, 0.25) is 11.4 Å². The number of nitrogens with zero attached hydrogens (tertiary/aromatic N) is 2. The van der Waals surface area contributed by atoms with Crippen LogP contribution in [0.5, 0.6) is 0 Å². The molecule has 2 atom stereocenters. The van der Waals surface area contributed by atoms with Gasteiger partial charge in [-0.2, -0.15) is 9.13 Å². The van der Waals surface area contributed by atoms with Gasteiger partial charge in [0.1, 0.15) is 6.54 Å². The van der Waals surface area contributed by atoms with Crippen LogP contribution in [0.2, 0.25) is 0 Å². The molecule has 2 unspecified atom stereocenters. The fourth-order valence-corrected chi connectivity index (χ4v) is 11.6. The van der Waals surface area contributed by atoms with Gasteiger partial charge in [0.05, 0.1) is 16.4 Å². The van der Waals surface area contributed by atoms with E-state index in [-0.39, 0.29) is 16.7 Å². The summed E-state index contributed by atoms with van der Waals surface area (Å²) >= 11 is 0.